The van der Waals surface area contributed by atoms with E-state index < -0.39 is 29.7 Å². The zero-order valence-electron chi connectivity index (χ0n) is 15.9. The van der Waals surface area contributed by atoms with Crippen molar-refractivity contribution in [1.82, 2.24) is 5.32 Å². The van der Waals surface area contributed by atoms with E-state index in [4.69, 9.17) is 9.47 Å². The number of carbonyl (C=O) groups excluding carboxylic acids is 2. The van der Waals surface area contributed by atoms with E-state index in [1.54, 1.807) is 20.8 Å². The van der Waals surface area contributed by atoms with Gasteiger partial charge in [0.25, 0.3) is 6.29 Å². The molecule has 4 atom stereocenters. The predicted molar refractivity (Wildman–Crippen MR) is 94.1 cm³/mol. The Balaban J connectivity index is 1.95. The van der Waals surface area contributed by atoms with Gasteiger partial charge in [-0.15, -0.1) is 0 Å². The number of alkyl carbamates (subject to hydrolysis) is 1. The van der Waals surface area contributed by atoms with Crippen LogP contribution in [0.25, 0.3) is 0 Å². The Labute approximate surface area is 154 Å². The monoisotopic (exact) mass is 367 g/mol. The quantitative estimate of drug-likeness (QED) is 0.388. The molecule has 0 bridgehead atoms. The van der Waals surface area contributed by atoms with Crippen molar-refractivity contribution in [3.05, 3.63) is 11.6 Å². The third kappa shape index (κ3) is 4.56. The lowest BCUT2D eigenvalue weighted by molar-refractivity contribution is -0.174. The largest absolute Gasteiger partial charge is 0.481 e. The Morgan fingerprint density at radius 1 is 1.35 bits per heavy atom. The minimum atomic E-state index is -0.958. The summed E-state index contributed by atoms with van der Waals surface area (Å²) in [7, 11) is 0. The number of carboxylic acid groups (broad SMARTS) is 1. The minimum absolute atomic E-state index is 0.0106. The molecule has 2 N–H and O–H groups in total. The zero-order chi connectivity index (χ0) is 19.5. The number of hydrogen-bond acceptors (Lipinski definition) is 5. The van der Waals surface area contributed by atoms with Gasteiger partial charge in [0.1, 0.15) is 0 Å². The summed E-state index contributed by atoms with van der Waals surface area (Å²) in [6.07, 6.45) is 2.47. The fourth-order valence-electron chi connectivity index (χ4n) is 4.07. The van der Waals surface area contributed by atoms with E-state index in [-0.39, 0.29) is 31.2 Å². The van der Waals surface area contributed by atoms with Gasteiger partial charge in [-0.2, -0.15) is 0 Å². The van der Waals surface area contributed by atoms with Crippen molar-refractivity contribution in [3.8, 4) is 0 Å². The maximum atomic E-state index is 12.2. The first-order chi connectivity index (χ1) is 12.2. The molecule has 1 saturated carbocycles. The Kier molecular flexibility index (Phi) is 6.31. The normalized spacial score (nSPS) is 27.8. The van der Waals surface area contributed by atoms with E-state index in [0.29, 0.717) is 5.92 Å². The Morgan fingerprint density at radius 2 is 2.04 bits per heavy atom. The molecule has 146 valence electrons. The molecule has 0 aromatic heterocycles. The van der Waals surface area contributed by atoms with Crippen molar-refractivity contribution in [3.63, 3.8) is 0 Å². The molecule has 0 radical (unpaired) electrons. The van der Waals surface area contributed by atoms with Crippen LogP contribution in [0.1, 0.15) is 53.4 Å². The molecule has 2 rings (SSSR count). The second kappa shape index (κ2) is 8.10. The van der Waals surface area contributed by atoms with Crippen molar-refractivity contribution >= 4 is 18.0 Å². The standard InChI is InChI=1S/C19H29NO6/c1-5-16(23)25-17(11(2)3)26-18(24)20-10-19(9-15(21)22)8-13-6-12(4)7-14(13)19/h7,11,13-14,17H,5-6,8-10H2,1-4H3,(H,20,24)(H,21,22)/t13-,14-,17+,19-/m1/s1. The van der Waals surface area contributed by atoms with Crippen molar-refractivity contribution < 1.29 is 29.0 Å². The fraction of sp³-hybridized carbons (Fsp3) is 0.737. The number of amides is 1. The number of carboxylic acids is 1. The Bertz CT molecular complexity index is 599. The van der Waals surface area contributed by atoms with Gasteiger partial charge in [-0.1, -0.05) is 32.4 Å². The summed E-state index contributed by atoms with van der Waals surface area (Å²) in [4.78, 5) is 34.9. The van der Waals surface area contributed by atoms with Crippen LogP contribution in [0.15, 0.2) is 11.6 Å². The summed E-state index contributed by atoms with van der Waals surface area (Å²) in [5, 5.41) is 12.0. The highest BCUT2D eigenvalue weighted by atomic mass is 16.7. The molecule has 0 aromatic rings. The molecule has 1 amide bonds. The number of fused-ring (bicyclic) bond motifs is 1. The number of nitrogens with one attached hydrogen (secondary N) is 1. The van der Waals surface area contributed by atoms with Gasteiger partial charge >= 0.3 is 18.0 Å². The third-order valence-electron chi connectivity index (χ3n) is 5.32. The second-order valence-corrected chi connectivity index (χ2v) is 7.85. The van der Waals surface area contributed by atoms with Crippen molar-refractivity contribution in [2.24, 2.45) is 23.2 Å². The van der Waals surface area contributed by atoms with Crippen molar-refractivity contribution in [2.75, 3.05) is 6.54 Å². The summed E-state index contributed by atoms with van der Waals surface area (Å²) >= 11 is 0. The zero-order valence-corrected chi connectivity index (χ0v) is 15.9. The van der Waals surface area contributed by atoms with Crippen LogP contribution in [-0.4, -0.2) is 36.0 Å². The van der Waals surface area contributed by atoms with E-state index in [0.717, 1.165) is 12.8 Å². The van der Waals surface area contributed by atoms with Gasteiger partial charge < -0.3 is 19.9 Å². The average Bonchev–Trinajstić information content (AvgIpc) is 2.86. The maximum absolute atomic E-state index is 12.2. The van der Waals surface area contributed by atoms with Crippen LogP contribution >= 0.6 is 0 Å². The molecule has 7 heteroatoms. The van der Waals surface area contributed by atoms with Crippen LogP contribution in [-0.2, 0) is 19.1 Å². The van der Waals surface area contributed by atoms with E-state index in [9.17, 15) is 19.5 Å². The molecule has 0 saturated heterocycles. The highest BCUT2D eigenvalue weighted by Crippen LogP contribution is 2.59. The molecule has 0 spiro atoms. The number of hydrogen-bond donors (Lipinski definition) is 2. The van der Waals surface area contributed by atoms with Crippen molar-refractivity contribution in [2.45, 2.75) is 59.7 Å². The number of carbonyl (C=O) groups is 3. The highest BCUT2D eigenvalue weighted by Gasteiger charge is 2.55. The predicted octanol–water partition coefficient (Wildman–Crippen LogP) is 3.10. The smallest absolute Gasteiger partial charge is 0.410 e. The van der Waals surface area contributed by atoms with Gasteiger partial charge in [-0.25, -0.2) is 4.79 Å². The number of allylic oxidation sites excluding steroid dienone is 2. The molecule has 2 aliphatic rings. The number of ether oxygens (including phenoxy) is 2. The van der Waals surface area contributed by atoms with Crippen LogP contribution in [0.5, 0.6) is 0 Å². The molecule has 2 aliphatic carbocycles. The second-order valence-electron chi connectivity index (χ2n) is 7.85. The molecule has 1 fully saturated rings. The third-order valence-corrected chi connectivity index (χ3v) is 5.32. The topological polar surface area (TPSA) is 102 Å². The first kappa shape index (κ1) is 20.3. The van der Waals surface area contributed by atoms with Gasteiger partial charge in [-0.05, 0) is 31.6 Å². The minimum Gasteiger partial charge on any atom is -0.481 e. The number of esters is 1. The van der Waals surface area contributed by atoms with Gasteiger partial charge in [0.05, 0.1) is 6.42 Å². The van der Waals surface area contributed by atoms with Crippen LogP contribution < -0.4 is 5.32 Å². The lowest BCUT2D eigenvalue weighted by atomic mass is 9.53. The Morgan fingerprint density at radius 3 is 2.58 bits per heavy atom. The number of rotatable bonds is 8. The summed E-state index contributed by atoms with van der Waals surface area (Å²) in [6, 6.07) is 0. The summed E-state index contributed by atoms with van der Waals surface area (Å²) in [5.41, 5.74) is 0.807. The molecular formula is C19H29NO6. The molecule has 0 aromatic carbocycles. The first-order valence-electron chi connectivity index (χ1n) is 9.20. The summed E-state index contributed by atoms with van der Waals surface area (Å²) in [6.45, 7) is 7.53. The van der Waals surface area contributed by atoms with E-state index in [1.165, 1.54) is 5.57 Å². The molecule has 7 nitrogen and oxygen atoms in total. The van der Waals surface area contributed by atoms with Crippen LogP contribution in [0.3, 0.4) is 0 Å². The molecule has 0 aliphatic heterocycles. The average molecular weight is 367 g/mol. The van der Waals surface area contributed by atoms with Crippen LogP contribution in [0, 0.1) is 23.2 Å². The lowest BCUT2D eigenvalue weighted by Gasteiger charge is -2.51. The van der Waals surface area contributed by atoms with Crippen LogP contribution in [0.4, 0.5) is 4.79 Å². The molecule has 0 heterocycles. The number of aliphatic carboxylic acids is 1. The highest BCUT2D eigenvalue weighted by molar-refractivity contribution is 5.71. The Hall–Kier alpha value is -2.05. The molecule has 26 heavy (non-hydrogen) atoms. The summed E-state index contributed by atoms with van der Waals surface area (Å²) < 4.78 is 10.4. The van der Waals surface area contributed by atoms with Gasteiger partial charge in [0.2, 0.25) is 0 Å². The molecule has 0 unspecified atom stereocenters. The van der Waals surface area contributed by atoms with E-state index >= 15 is 0 Å². The first-order valence-corrected chi connectivity index (χ1v) is 9.20. The van der Waals surface area contributed by atoms with Crippen LogP contribution in [0.2, 0.25) is 0 Å². The lowest BCUT2D eigenvalue weighted by Crippen LogP contribution is -2.53. The SMILES string of the molecule is CCC(=O)O[C@@H](OC(=O)NC[C@]1(CC(=O)O)C[C@H]2CC(C)=C[C@H]21)C(C)C. The van der Waals surface area contributed by atoms with E-state index in [2.05, 4.69) is 18.3 Å². The van der Waals surface area contributed by atoms with E-state index in [1.807, 2.05) is 0 Å². The van der Waals surface area contributed by atoms with Crippen molar-refractivity contribution in [1.29, 1.82) is 0 Å². The maximum Gasteiger partial charge on any atom is 0.410 e. The van der Waals surface area contributed by atoms with Gasteiger partial charge in [-0.3, -0.25) is 9.59 Å². The summed E-state index contributed by atoms with van der Waals surface area (Å²) in [5.74, 6) is -0.836. The molecular weight excluding hydrogens is 338 g/mol. The van der Waals surface area contributed by atoms with Gasteiger partial charge in [0, 0.05) is 24.3 Å². The fourth-order valence-corrected chi connectivity index (χ4v) is 4.07. The van der Waals surface area contributed by atoms with Gasteiger partial charge in [0.15, 0.2) is 0 Å².